The number of rotatable bonds is 6. The zero-order chi connectivity index (χ0) is 18.4. The summed E-state index contributed by atoms with van der Waals surface area (Å²) < 4.78 is 38.9. The highest BCUT2D eigenvalue weighted by atomic mass is 35.5. The van der Waals surface area contributed by atoms with Crippen molar-refractivity contribution in [2.75, 3.05) is 13.6 Å². The van der Waals surface area contributed by atoms with Gasteiger partial charge in [0.15, 0.2) is 0 Å². The van der Waals surface area contributed by atoms with Crippen LogP contribution in [0.3, 0.4) is 0 Å². The van der Waals surface area contributed by atoms with Gasteiger partial charge in [0.05, 0.1) is 17.7 Å². The molecule has 0 aromatic heterocycles. The number of nitrogens with zero attached hydrogens (tertiary/aromatic N) is 2. The highest BCUT2D eigenvalue weighted by molar-refractivity contribution is 7.89. The summed E-state index contributed by atoms with van der Waals surface area (Å²) in [4.78, 5) is 11.8. The maximum absolute atomic E-state index is 13.4. The number of sulfonamides is 1. The van der Waals surface area contributed by atoms with E-state index in [9.17, 15) is 17.6 Å². The van der Waals surface area contributed by atoms with Gasteiger partial charge < -0.3 is 0 Å². The van der Waals surface area contributed by atoms with Crippen molar-refractivity contribution >= 4 is 33.7 Å². The Labute approximate surface area is 150 Å². The van der Waals surface area contributed by atoms with Gasteiger partial charge in [-0.25, -0.2) is 18.2 Å². The molecule has 0 spiro atoms. The molecule has 0 saturated carbocycles. The fraction of sp³-hybridized carbons (Fsp3) is 0.125. The van der Waals surface area contributed by atoms with E-state index < -0.39 is 28.3 Å². The Morgan fingerprint density at radius 2 is 1.88 bits per heavy atom. The van der Waals surface area contributed by atoms with Crippen LogP contribution < -0.4 is 5.43 Å². The number of hydrazone groups is 1. The predicted molar refractivity (Wildman–Crippen MR) is 93.4 cm³/mol. The van der Waals surface area contributed by atoms with Gasteiger partial charge in [-0.15, -0.1) is 0 Å². The Balaban J connectivity index is 1.97. The third-order valence-electron chi connectivity index (χ3n) is 3.19. The molecule has 0 atom stereocenters. The van der Waals surface area contributed by atoms with E-state index in [1.54, 1.807) is 6.07 Å². The van der Waals surface area contributed by atoms with Crippen molar-refractivity contribution in [3.8, 4) is 0 Å². The van der Waals surface area contributed by atoms with Crippen LogP contribution in [0.5, 0.6) is 0 Å². The van der Waals surface area contributed by atoms with Gasteiger partial charge in [-0.05, 0) is 30.3 Å². The van der Waals surface area contributed by atoms with Crippen LogP contribution in [-0.2, 0) is 14.8 Å². The topological polar surface area (TPSA) is 78.8 Å². The van der Waals surface area contributed by atoms with E-state index in [1.807, 2.05) is 0 Å². The van der Waals surface area contributed by atoms with Gasteiger partial charge in [-0.2, -0.15) is 9.41 Å². The van der Waals surface area contributed by atoms with Crippen LogP contribution in [0.15, 0.2) is 58.5 Å². The first-order valence-corrected chi connectivity index (χ1v) is 8.91. The standard InChI is InChI=1S/C16H15ClFN3O3S/c1-21(25(23,24)14-8-6-13(17)7-9-14)11-16(22)20-19-10-12-4-2-3-5-15(12)18/h2-10H,11H2,1H3,(H,20,22)/b19-10-. The van der Waals surface area contributed by atoms with Gasteiger partial charge in [0, 0.05) is 17.6 Å². The maximum atomic E-state index is 13.4. The molecular formula is C16H15ClFN3O3S. The minimum atomic E-state index is -3.83. The fourth-order valence-corrected chi connectivity index (χ4v) is 3.12. The summed E-state index contributed by atoms with van der Waals surface area (Å²) in [7, 11) is -2.56. The zero-order valence-electron chi connectivity index (χ0n) is 13.2. The first-order chi connectivity index (χ1) is 11.8. The van der Waals surface area contributed by atoms with Crippen molar-refractivity contribution in [2.45, 2.75) is 4.90 Å². The molecular weight excluding hydrogens is 369 g/mol. The number of halogens is 2. The molecule has 6 nitrogen and oxygen atoms in total. The molecule has 0 saturated heterocycles. The molecule has 0 fully saturated rings. The minimum Gasteiger partial charge on any atom is -0.272 e. The molecule has 0 bridgehead atoms. The smallest absolute Gasteiger partial charge is 0.255 e. The number of nitrogens with one attached hydrogen (secondary N) is 1. The zero-order valence-corrected chi connectivity index (χ0v) is 14.8. The van der Waals surface area contributed by atoms with Crippen LogP contribution in [0, 0.1) is 5.82 Å². The first kappa shape index (κ1) is 19.0. The summed E-state index contributed by atoms with van der Waals surface area (Å²) >= 11 is 5.73. The average molecular weight is 384 g/mol. The van der Waals surface area contributed by atoms with Gasteiger partial charge in [0.2, 0.25) is 10.0 Å². The second-order valence-electron chi connectivity index (χ2n) is 5.03. The summed E-state index contributed by atoms with van der Waals surface area (Å²) in [5.41, 5.74) is 2.36. The number of carbonyl (C=O) groups excluding carboxylic acids is 1. The monoisotopic (exact) mass is 383 g/mol. The first-order valence-electron chi connectivity index (χ1n) is 7.09. The third kappa shape index (κ3) is 5.09. The fourth-order valence-electron chi connectivity index (χ4n) is 1.86. The molecule has 2 aromatic rings. The predicted octanol–water partition coefficient (Wildman–Crippen LogP) is 2.25. The van der Waals surface area contributed by atoms with Gasteiger partial charge in [0.1, 0.15) is 5.82 Å². The van der Waals surface area contributed by atoms with Gasteiger partial charge in [0.25, 0.3) is 5.91 Å². The highest BCUT2D eigenvalue weighted by Crippen LogP contribution is 2.17. The molecule has 0 heterocycles. The average Bonchev–Trinajstić information content (AvgIpc) is 2.57. The Hall–Kier alpha value is -2.29. The number of carbonyl (C=O) groups is 1. The second-order valence-corrected chi connectivity index (χ2v) is 7.51. The lowest BCUT2D eigenvalue weighted by Gasteiger charge is -2.16. The molecule has 0 aliphatic rings. The normalized spacial score (nSPS) is 11.8. The lowest BCUT2D eigenvalue weighted by molar-refractivity contribution is -0.121. The maximum Gasteiger partial charge on any atom is 0.255 e. The van der Waals surface area contributed by atoms with Crippen molar-refractivity contribution < 1.29 is 17.6 Å². The van der Waals surface area contributed by atoms with Gasteiger partial charge in [-0.1, -0.05) is 29.8 Å². The van der Waals surface area contributed by atoms with E-state index in [-0.39, 0.29) is 10.5 Å². The summed E-state index contributed by atoms with van der Waals surface area (Å²) in [6.07, 6.45) is 1.14. The van der Waals surface area contributed by atoms with Crippen molar-refractivity contribution in [2.24, 2.45) is 5.10 Å². The third-order valence-corrected chi connectivity index (χ3v) is 5.26. The van der Waals surface area contributed by atoms with Crippen molar-refractivity contribution in [1.82, 2.24) is 9.73 Å². The highest BCUT2D eigenvalue weighted by Gasteiger charge is 2.22. The van der Waals surface area contributed by atoms with E-state index in [2.05, 4.69) is 10.5 Å². The van der Waals surface area contributed by atoms with Crippen molar-refractivity contribution in [3.05, 3.63) is 64.9 Å². The van der Waals surface area contributed by atoms with Crippen molar-refractivity contribution in [3.63, 3.8) is 0 Å². The van der Waals surface area contributed by atoms with Crippen LogP contribution in [0.2, 0.25) is 5.02 Å². The lowest BCUT2D eigenvalue weighted by atomic mass is 10.2. The lowest BCUT2D eigenvalue weighted by Crippen LogP contribution is -2.36. The quantitative estimate of drug-likeness (QED) is 0.613. The van der Waals surface area contributed by atoms with Gasteiger partial charge >= 0.3 is 0 Å². The molecule has 1 amide bonds. The summed E-state index contributed by atoms with van der Waals surface area (Å²) in [5, 5.41) is 4.02. The molecule has 2 rings (SSSR count). The van der Waals surface area contributed by atoms with Gasteiger partial charge in [-0.3, -0.25) is 4.79 Å². The van der Waals surface area contributed by atoms with E-state index in [1.165, 1.54) is 49.5 Å². The van der Waals surface area contributed by atoms with E-state index in [0.717, 1.165) is 10.5 Å². The number of benzene rings is 2. The molecule has 132 valence electrons. The van der Waals surface area contributed by atoms with Crippen molar-refractivity contribution in [1.29, 1.82) is 0 Å². The SMILES string of the molecule is CN(CC(=O)N/N=C\c1ccccc1F)S(=O)(=O)c1ccc(Cl)cc1. The molecule has 0 radical (unpaired) electrons. The van der Waals surface area contributed by atoms with Crippen LogP contribution in [0.4, 0.5) is 4.39 Å². The largest absolute Gasteiger partial charge is 0.272 e. The summed E-state index contributed by atoms with van der Waals surface area (Å²) in [6.45, 7) is -0.445. The molecule has 9 heteroatoms. The molecule has 1 N–H and O–H groups in total. The van der Waals surface area contributed by atoms with E-state index in [4.69, 9.17) is 11.6 Å². The molecule has 0 aliphatic carbocycles. The Bertz CT molecular complexity index is 886. The number of hydrogen-bond acceptors (Lipinski definition) is 4. The number of amides is 1. The summed E-state index contributed by atoms with van der Waals surface area (Å²) in [6, 6.07) is 11.5. The number of hydrogen-bond donors (Lipinski definition) is 1. The van der Waals surface area contributed by atoms with Crippen LogP contribution in [0.25, 0.3) is 0 Å². The number of likely N-dealkylation sites (N-methyl/N-ethyl adjacent to an activating group) is 1. The summed E-state index contributed by atoms with van der Waals surface area (Å²) in [5.74, 6) is -1.14. The molecule has 0 unspecified atom stereocenters. The second kappa shape index (κ2) is 8.19. The van der Waals surface area contributed by atoms with E-state index in [0.29, 0.717) is 5.02 Å². The molecule has 0 aliphatic heterocycles. The van der Waals surface area contributed by atoms with Crippen LogP contribution in [-0.4, -0.2) is 38.4 Å². The Morgan fingerprint density at radius 1 is 1.24 bits per heavy atom. The molecule has 25 heavy (non-hydrogen) atoms. The van der Waals surface area contributed by atoms with Crippen LogP contribution in [0.1, 0.15) is 5.56 Å². The van der Waals surface area contributed by atoms with E-state index >= 15 is 0 Å². The minimum absolute atomic E-state index is 0.0158. The van der Waals surface area contributed by atoms with Crippen LogP contribution >= 0.6 is 11.6 Å². The Kier molecular flexibility index (Phi) is 6.24. The molecule has 2 aromatic carbocycles. The Morgan fingerprint density at radius 3 is 2.52 bits per heavy atom.